The van der Waals surface area contributed by atoms with E-state index in [-0.39, 0.29) is 5.92 Å². The molecule has 0 bridgehead atoms. The molecule has 1 aliphatic heterocycles. The maximum Gasteiger partial charge on any atom is 0.257 e. The topological polar surface area (TPSA) is 58.4 Å². The van der Waals surface area contributed by atoms with Crippen molar-refractivity contribution in [3.63, 3.8) is 0 Å². The number of likely N-dealkylation sites (tertiary alicyclic amines) is 1. The van der Waals surface area contributed by atoms with E-state index in [4.69, 9.17) is 0 Å². The number of amides is 1. The Balaban J connectivity index is 1.73. The highest BCUT2D eigenvalue weighted by Crippen LogP contribution is 2.28. The summed E-state index contributed by atoms with van der Waals surface area (Å²) >= 11 is 0. The maximum absolute atomic E-state index is 13.9. The SMILES string of the molecule is Cn1cc(C[C@@H]2CCN(C(=O)c3cc(F)c(F)c(O)c3F)C2)cn1. The number of phenols is 1. The number of aryl methyl sites for hydroxylation is 1. The van der Waals surface area contributed by atoms with Gasteiger partial charge in [-0.3, -0.25) is 9.48 Å². The van der Waals surface area contributed by atoms with Crippen LogP contribution in [0.1, 0.15) is 22.3 Å². The molecule has 5 nitrogen and oxygen atoms in total. The zero-order chi connectivity index (χ0) is 17.4. The minimum absolute atomic E-state index is 0.181. The van der Waals surface area contributed by atoms with Gasteiger partial charge in [-0.15, -0.1) is 0 Å². The molecule has 2 aromatic rings. The normalized spacial score (nSPS) is 17.5. The molecule has 1 aromatic heterocycles. The lowest BCUT2D eigenvalue weighted by atomic mass is 10.0. The average molecular weight is 339 g/mol. The Kier molecular flexibility index (Phi) is 4.21. The highest BCUT2D eigenvalue weighted by atomic mass is 19.2. The van der Waals surface area contributed by atoms with Gasteiger partial charge >= 0.3 is 0 Å². The third-order valence-electron chi connectivity index (χ3n) is 4.22. The Bertz CT molecular complexity index is 791. The molecule has 0 spiro atoms. The first-order chi connectivity index (χ1) is 11.4. The Morgan fingerprint density at radius 1 is 1.38 bits per heavy atom. The van der Waals surface area contributed by atoms with Crippen LogP contribution < -0.4 is 0 Å². The summed E-state index contributed by atoms with van der Waals surface area (Å²) in [4.78, 5) is 13.7. The Morgan fingerprint density at radius 2 is 2.12 bits per heavy atom. The fourth-order valence-corrected chi connectivity index (χ4v) is 3.01. The molecular formula is C16H16F3N3O2. The van der Waals surface area contributed by atoms with Crippen LogP contribution in [0.2, 0.25) is 0 Å². The molecule has 3 rings (SSSR count). The molecule has 1 fully saturated rings. The molecule has 0 unspecified atom stereocenters. The molecule has 8 heteroatoms. The van der Waals surface area contributed by atoms with Gasteiger partial charge in [-0.25, -0.2) is 8.78 Å². The number of halogens is 3. The number of nitrogens with zero attached hydrogens (tertiary/aromatic N) is 3. The highest BCUT2D eigenvalue weighted by molar-refractivity contribution is 5.95. The monoisotopic (exact) mass is 339 g/mol. The van der Waals surface area contributed by atoms with Crippen molar-refractivity contribution in [2.45, 2.75) is 12.8 Å². The van der Waals surface area contributed by atoms with Gasteiger partial charge < -0.3 is 10.0 Å². The number of phenolic OH excluding ortho intramolecular Hbond substituents is 1. The van der Waals surface area contributed by atoms with E-state index in [9.17, 15) is 23.1 Å². The first kappa shape index (κ1) is 16.4. The van der Waals surface area contributed by atoms with E-state index in [1.54, 1.807) is 10.9 Å². The Morgan fingerprint density at radius 3 is 2.79 bits per heavy atom. The van der Waals surface area contributed by atoms with Crippen molar-refractivity contribution in [1.29, 1.82) is 0 Å². The molecule has 1 aromatic carbocycles. The number of aromatic nitrogens is 2. The lowest BCUT2D eigenvalue weighted by Gasteiger charge is -2.17. The third kappa shape index (κ3) is 2.95. The summed E-state index contributed by atoms with van der Waals surface area (Å²) in [5.41, 5.74) is 0.377. The van der Waals surface area contributed by atoms with E-state index in [1.165, 1.54) is 4.90 Å². The van der Waals surface area contributed by atoms with Crippen molar-refractivity contribution in [3.8, 4) is 5.75 Å². The van der Waals surface area contributed by atoms with Gasteiger partial charge in [0.1, 0.15) is 0 Å². The molecule has 1 amide bonds. The number of hydrogen-bond acceptors (Lipinski definition) is 3. The number of carbonyl (C=O) groups excluding carboxylic acids is 1. The van der Waals surface area contributed by atoms with E-state index in [0.29, 0.717) is 19.2 Å². The summed E-state index contributed by atoms with van der Waals surface area (Å²) in [6.07, 6.45) is 5.08. The van der Waals surface area contributed by atoms with Crippen molar-refractivity contribution in [2.24, 2.45) is 13.0 Å². The molecule has 0 aliphatic carbocycles. The van der Waals surface area contributed by atoms with Crippen LogP contribution in [0.15, 0.2) is 18.5 Å². The lowest BCUT2D eigenvalue weighted by molar-refractivity contribution is 0.0780. The minimum Gasteiger partial charge on any atom is -0.503 e. The van der Waals surface area contributed by atoms with Gasteiger partial charge in [0.05, 0.1) is 11.8 Å². The number of aromatic hydroxyl groups is 1. The zero-order valence-corrected chi connectivity index (χ0v) is 13.0. The van der Waals surface area contributed by atoms with Crippen LogP contribution >= 0.6 is 0 Å². The molecule has 1 saturated heterocycles. The standard InChI is InChI=1S/C16H16F3N3O2/c1-21-7-10(6-20-21)4-9-2-3-22(8-9)16(24)11-5-12(17)14(19)15(23)13(11)18/h5-7,9,23H,2-4,8H2,1H3/t9-/m0/s1. The summed E-state index contributed by atoms with van der Waals surface area (Å²) in [7, 11) is 1.81. The Hall–Kier alpha value is -2.51. The second kappa shape index (κ2) is 6.18. The van der Waals surface area contributed by atoms with E-state index >= 15 is 0 Å². The van der Waals surface area contributed by atoms with Gasteiger partial charge in [0.2, 0.25) is 5.82 Å². The number of hydrogen-bond donors (Lipinski definition) is 1. The van der Waals surface area contributed by atoms with Crippen LogP contribution in [0.25, 0.3) is 0 Å². The second-order valence-corrected chi connectivity index (χ2v) is 6.01. The Labute approximate surface area is 136 Å². The summed E-state index contributed by atoms with van der Waals surface area (Å²) in [6, 6.07) is 0.487. The molecule has 0 saturated carbocycles. The van der Waals surface area contributed by atoms with Crippen LogP contribution in [0, 0.1) is 23.4 Å². The smallest absolute Gasteiger partial charge is 0.257 e. The van der Waals surface area contributed by atoms with Crippen molar-refractivity contribution >= 4 is 5.91 Å². The molecule has 1 aliphatic rings. The van der Waals surface area contributed by atoms with Crippen LogP contribution in [0.5, 0.6) is 5.75 Å². The molecule has 24 heavy (non-hydrogen) atoms. The van der Waals surface area contributed by atoms with E-state index in [1.807, 2.05) is 13.2 Å². The molecule has 1 atom stereocenters. The first-order valence-corrected chi connectivity index (χ1v) is 7.50. The second-order valence-electron chi connectivity index (χ2n) is 6.01. The molecule has 1 N–H and O–H groups in total. The van der Waals surface area contributed by atoms with E-state index in [2.05, 4.69) is 5.10 Å². The summed E-state index contributed by atoms with van der Waals surface area (Å²) < 4.78 is 42.0. The van der Waals surface area contributed by atoms with Gasteiger partial charge in [-0.1, -0.05) is 0 Å². The van der Waals surface area contributed by atoms with Gasteiger partial charge in [-0.05, 0) is 30.4 Å². The van der Waals surface area contributed by atoms with Gasteiger partial charge in [0, 0.05) is 26.3 Å². The minimum atomic E-state index is -1.69. The van der Waals surface area contributed by atoms with Gasteiger partial charge in [-0.2, -0.15) is 9.49 Å². The van der Waals surface area contributed by atoms with Crippen LogP contribution in [0.4, 0.5) is 13.2 Å². The predicted molar refractivity (Wildman–Crippen MR) is 78.9 cm³/mol. The molecular weight excluding hydrogens is 323 g/mol. The highest BCUT2D eigenvalue weighted by Gasteiger charge is 2.31. The largest absolute Gasteiger partial charge is 0.503 e. The summed E-state index contributed by atoms with van der Waals surface area (Å²) in [5.74, 6) is -6.63. The predicted octanol–water partition coefficient (Wildman–Crippen LogP) is 2.25. The molecule has 0 radical (unpaired) electrons. The fraction of sp³-hybridized carbons (Fsp3) is 0.375. The molecule has 2 heterocycles. The van der Waals surface area contributed by atoms with Crippen molar-refractivity contribution in [3.05, 3.63) is 47.0 Å². The van der Waals surface area contributed by atoms with E-state index < -0.39 is 34.7 Å². The van der Waals surface area contributed by atoms with Crippen LogP contribution in [-0.4, -0.2) is 38.8 Å². The summed E-state index contributed by atoms with van der Waals surface area (Å²) in [6.45, 7) is 0.774. The van der Waals surface area contributed by atoms with Crippen molar-refractivity contribution < 1.29 is 23.1 Å². The van der Waals surface area contributed by atoms with Crippen LogP contribution in [0.3, 0.4) is 0 Å². The molecule has 128 valence electrons. The fourth-order valence-electron chi connectivity index (χ4n) is 3.01. The van der Waals surface area contributed by atoms with Crippen molar-refractivity contribution in [2.75, 3.05) is 13.1 Å². The number of carbonyl (C=O) groups is 1. The van der Waals surface area contributed by atoms with Gasteiger partial charge in [0.15, 0.2) is 17.4 Å². The lowest BCUT2D eigenvalue weighted by Crippen LogP contribution is -2.30. The third-order valence-corrected chi connectivity index (χ3v) is 4.22. The van der Waals surface area contributed by atoms with E-state index in [0.717, 1.165) is 18.4 Å². The zero-order valence-electron chi connectivity index (χ0n) is 13.0. The van der Waals surface area contributed by atoms with Crippen molar-refractivity contribution in [1.82, 2.24) is 14.7 Å². The van der Waals surface area contributed by atoms with Crippen LogP contribution in [-0.2, 0) is 13.5 Å². The summed E-state index contributed by atoms with van der Waals surface area (Å²) in [5, 5.41) is 13.3. The average Bonchev–Trinajstić information content (AvgIpc) is 3.18. The van der Waals surface area contributed by atoms with Gasteiger partial charge in [0.25, 0.3) is 5.91 Å². The first-order valence-electron chi connectivity index (χ1n) is 7.50. The number of benzene rings is 1. The number of rotatable bonds is 3. The maximum atomic E-state index is 13.9. The quantitative estimate of drug-likeness (QED) is 0.873.